The summed E-state index contributed by atoms with van der Waals surface area (Å²) in [6.07, 6.45) is 0. The topological polar surface area (TPSA) is 29.1 Å². The number of hydrogen-bond donors (Lipinski definition) is 0. The molecular formula is C12H8ClO2. The van der Waals surface area contributed by atoms with Crippen LogP contribution in [0.4, 0.5) is 0 Å². The summed E-state index contributed by atoms with van der Waals surface area (Å²) in [4.78, 5) is 0. The van der Waals surface area contributed by atoms with Gasteiger partial charge in [0.2, 0.25) is 5.75 Å². The minimum Gasteiger partial charge on any atom is -0.453 e. The summed E-state index contributed by atoms with van der Waals surface area (Å²) in [7, 11) is 0. The summed E-state index contributed by atoms with van der Waals surface area (Å²) >= 11 is 5.73. The van der Waals surface area contributed by atoms with E-state index in [1.54, 1.807) is 42.5 Å². The van der Waals surface area contributed by atoms with Crippen LogP contribution in [0.25, 0.3) is 0 Å². The van der Waals surface area contributed by atoms with E-state index in [4.69, 9.17) is 16.3 Å². The van der Waals surface area contributed by atoms with E-state index >= 15 is 0 Å². The Kier molecular flexibility index (Phi) is 2.79. The van der Waals surface area contributed by atoms with Crippen molar-refractivity contribution in [2.24, 2.45) is 0 Å². The molecule has 0 spiro atoms. The molecule has 0 aromatic heterocycles. The molecule has 2 aromatic carbocycles. The Morgan fingerprint density at radius 1 is 0.933 bits per heavy atom. The molecule has 2 rings (SSSR count). The highest BCUT2D eigenvalue weighted by Gasteiger charge is 2.03. The molecule has 0 aliphatic rings. The van der Waals surface area contributed by atoms with Gasteiger partial charge in [0, 0.05) is 5.02 Å². The lowest BCUT2D eigenvalue weighted by atomic mass is 10.3. The van der Waals surface area contributed by atoms with Crippen LogP contribution >= 0.6 is 11.6 Å². The summed E-state index contributed by atoms with van der Waals surface area (Å²) < 4.78 is 5.39. The van der Waals surface area contributed by atoms with Gasteiger partial charge in [0.1, 0.15) is 5.75 Å². The minimum absolute atomic E-state index is 0.132. The number of benzene rings is 2. The summed E-state index contributed by atoms with van der Waals surface area (Å²) in [6, 6.07) is 13.4. The summed E-state index contributed by atoms with van der Waals surface area (Å²) in [5.41, 5.74) is 0. The van der Waals surface area contributed by atoms with Crippen molar-refractivity contribution in [3.63, 3.8) is 0 Å². The highest BCUT2D eigenvalue weighted by molar-refractivity contribution is 6.30. The smallest absolute Gasteiger partial charge is 0.221 e. The van der Waals surface area contributed by atoms with E-state index in [2.05, 4.69) is 0 Å². The molecular weight excluding hydrogens is 212 g/mol. The molecule has 1 radical (unpaired) electrons. The fourth-order valence-corrected chi connectivity index (χ4v) is 1.29. The van der Waals surface area contributed by atoms with Gasteiger partial charge < -0.3 is 4.74 Å². The van der Waals surface area contributed by atoms with Crippen LogP contribution in [0.5, 0.6) is 17.2 Å². The second kappa shape index (κ2) is 4.24. The molecule has 2 aromatic rings. The van der Waals surface area contributed by atoms with Gasteiger partial charge in [-0.25, -0.2) is 0 Å². The third-order valence-electron chi connectivity index (χ3n) is 1.89. The van der Waals surface area contributed by atoms with E-state index in [-0.39, 0.29) is 5.75 Å². The van der Waals surface area contributed by atoms with E-state index in [0.717, 1.165) is 0 Å². The highest BCUT2D eigenvalue weighted by Crippen LogP contribution is 2.30. The van der Waals surface area contributed by atoms with Gasteiger partial charge in [-0.3, -0.25) is 5.11 Å². The maximum Gasteiger partial charge on any atom is 0.221 e. The lowest BCUT2D eigenvalue weighted by molar-refractivity contribution is 0.329. The summed E-state index contributed by atoms with van der Waals surface area (Å²) in [5.74, 6) is 0.787. The molecule has 3 heteroatoms. The molecule has 0 aliphatic carbocycles. The molecule has 0 amide bonds. The first-order chi connectivity index (χ1) is 7.25. The van der Waals surface area contributed by atoms with Crippen molar-refractivity contribution in [3.05, 3.63) is 53.6 Å². The van der Waals surface area contributed by atoms with Crippen LogP contribution in [0.2, 0.25) is 5.02 Å². The molecule has 0 N–H and O–H groups in total. The molecule has 0 unspecified atom stereocenters. The third kappa shape index (κ3) is 2.42. The van der Waals surface area contributed by atoms with E-state index in [0.29, 0.717) is 16.5 Å². The Labute approximate surface area is 92.7 Å². The molecule has 15 heavy (non-hydrogen) atoms. The average molecular weight is 220 g/mol. The van der Waals surface area contributed by atoms with Gasteiger partial charge in [-0.2, -0.15) is 0 Å². The summed E-state index contributed by atoms with van der Waals surface area (Å²) in [6.45, 7) is 0. The molecule has 0 saturated carbocycles. The van der Waals surface area contributed by atoms with Crippen LogP contribution in [0.1, 0.15) is 0 Å². The zero-order valence-electron chi connectivity index (χ0n) is 7.81. The van der Waals surface area contributed by atoms with Gasteiger partial charge in [-0.05, 0) is 36.4 Å². The van der Waals surface area contributed by atoms with Crippen LogP contribution < -0.4 is 4.74 Å². The maximum absolute atomic E-state index is 11.3. The third-order valence-corrected chi connectivity index (χ3v) is 2.14. The van der Waals surface area contributed by atoms with Crippen LogP contribution in [-0.2, 0) is 5.11 Å². The van der Waals surface area contributed by atoms with E-state index in [9.17, 15) is 5.11 Å². The fourth-order valence-electron chi connectivity index (χ4n) is 1.16. The Morgan fingerprint density at radius 3 is 2.27 bits per heavy atom. The zero-order valence-corrected chi connectivity index (χ0v) is 8.57. The number of hydrogen-bond acceptors (Lipinski definition) is 1. The van der Waals surface area contributed by atoms with Crippen molar-refractivity contribution in [2.75, 3.05) is 0 Å². The molecule has 0 atom stereocenters. The number of para-hydroxylation sites is 2. The first-order valence-corrected chi connectivity index (χ1v) is 4.83. The van der Waals surface area contributed by atoms with Crippen LogP contribution in [0, 0.1) is 0 Å². The molecule has 0 saturated heterocycles. The van der Waals surface area contributed by atoms with E-state index in [1.807, 2.05) is 0 Å². The van der Waals surface area contributed by atoms with Gasteiger partial charge >= 0.3 is 0 Å². The lowest BCUT2D eigenvalue weighted by Crippen LogP contribution is -1.83. The maximum atomic E-state index is 11.3. The standard InChI is InChI=1S/C12H8ClO2/c13-9-5-7-10(8-6-9)15-12-4-2-1-3-11(12)14/h1-8H. The van der Waals surface area contributed by atoms with Crippen LogP contribution in [0.15, 0.2) is 48.5 Å². The van der Waals surface area contributed by atoms with Crippen LogP contribution in [0.3, 0.4) is 0 Å². The van der Waals surface area contributed by atoms with Crippen molar-refractivity contribution >= 4 is 11.6 Å². The normalized spacial score (nSPS) is 9.93. The van der Waals surface area contributed by atoms with Gasteiger partial charge in [-0.15, -0.1) is 0 Å². The van der Waals surface area contributed by atoms with Crippen molar-refractivity contribution in [1.29, 1.82) is 0 Å². The Bertz CT molecular complexity index is 451. The lowest BCUT2D eigenvalue weighted by Gasteiger charge is -2.05. The van der Waals surface area contributed by atoms with Crippen molar-refractivity contribution in [1.82, 2.24) is 0 Å². The van der Waals surface area contributed by atoms with Gasteiger partial charge in [0.25, 0.3) is 0 Å². The molecule has 2 nitrogen and oxygen atoms in total. The number of rotatable bonds is 2. The van der Waals surface area contributed by atoms with Crippen LogP contribution in [-0.4, -0.2) is 0 Å². The van der Waals surface area contributed by atoms with E-state index < -0.39 is 0 Å². The van der Waals surface area contributed by atoms with Crippen molar-refractivity contribution in [2.45, 2.75) is 0 Å². The zero-order chi connectivity index (χ0) is 10.7. The molecule has 0 heterocycles. The summed E-state index contributed by atoms with van der Waals surface area (Å²) in [5, 5.41) is 12.0. The average Bonchev–Trinajstić information content (AvgIpc) is 2.25. The Morgan fingerprint density at radius 2 is 1.60 bits per heavy atom. The number of halogens is 1. The Hall–Kier alpha value is -1.67. The van der Waals surface area contributed by atoms with Crippen molar-refractivity contribution in [3.8, 4) is 17.2 Å². The van der Waals surface area contributed by atoms with E-state index in [1.165, 1.54) is 6.07 Å². The predicted molar refractivity (Wildman–Crippen MR) is 58.1 cm³/mol. The second-order valence-electron chi connectivity index (χ2n) is 3.00. The molecule has 75 valence electrons. The monoisotopic (exact) mass is 219 g/mol. The largest absolute Gasteiger partial charge is 0.453 e. The minimum atomic E-state index is -0.132. The van der Waals surface area contributed by atoms with Gasteiger partial charge in [0.05, 0.1) is 0 Å². The fraction of sp³-hybridized carbons (Fsp3) is 0. The molecule has 0 bridgehead atoms. The quantitative estimate of drug-likeness (QED) is 0.741. The molecule has 0 aliphatic heterocycles. The first-order valence-electron chi connectivity index (χ1n) is 4.45. The van der Waals surface area contributed by atoms with Crippen molar-refractivity contribution < 1.29 is 9.84 Å². The first kappa shape index (κ1) is 9.87. The highest BCUT2D eigenvalue weighted by atomic mass is 35.5. The number of ether oxygens (including phenoxy) is 1. The van der Waals surface area contributed by atoms with Gasteiger partial charge in [0.15, 0.2) is 5.75 Å². The van der Waals surface area contributed by atoms with Gasteiger partial charge in [-0.1, -0.05) is 23.7 Å². The SMILES string of the molecule is [O]c1ccccc1Oc1ccc(Cl)cc1. The molecule has 0 fully saturated rings. The second-order valence-corrected chi connectivity index (χ2v) is 3.44. The predicted octanol–water partition coefficient (Wildman–Crippen LogP) is 4.28. The Balaban J connectivity index is 2.22.